The molecule has 8 nitrogen and oxygen atoms in total. The summed E-state index contributed by atoms with van der Waals surface area (Å²) in [5, 5.41) is 8.80. The van der Waals surface area contributed by atoms with E-state index in [1.165, 1.54) is 56.8 Å². The maximum absolute atomic E-state index is 11.3. The first-order chi connectivity index (χ1) is 16.0. The van der Waals surface area contributed by atoms with Gasteiger partial charge in [-0.3, -0.25) is 0 Å². The van der Waals surface area contributed by atoms with E-state index in [1.807, 2.05) is 6.07 Å². The van der Waals surface area contributed by atoms with E-state index >= 15 is 0 Å². The quantitative estimate of drug-likeness (QED) is 0.336. The van der Waals surface area contributed by atoms with Gasteiger partial charge in [0.25, 0.3) is 0 Å². The summed E-state index contributed by atoms with van der Waals surface area (Å²) in [4.78, 5) is 22.0. The molecule has 2 aliphatic rings. The fourth-order valence-electron chi connectivity index (χ4n) is 3.23. The monoisotopic (exact) mass is 492 g/mol. The van der Waals surface area contributed by atoms with Gasteiger partial charge in [-0.15, -0.1) is 0 Å². The minimum Gasteiger partial charge on any atom is -0.870 e. The third-order valence-corrected chi connectivity index (χ3v) is 5.57. The fraction of sp³-hybridized carbons (Fsp3) is 0.333. The number of benzene rings is 2. The number of ether oxygens (including phenoxy) is 3. The molecule has 0 spiro atoms. The van der Waals surface area contributed by atoms with E-state index in [0.29, 0.717) is 30.3 Å². The molecule has 2 saturated carbocycles. The van der Waals surface area contributed by atoms with Crippen LogP contribution in [0.3, 0.4) is 0 Å². The number of methoxy groups -OCH3 is 1. The summed E-state index contributed by atoms with van der Waals surface area (Å²) >= 11 is 0. The van der Waals surface area contributed by atoms with Gasteiger partial charge in [0.15, 0.2) is 0 Å². The standard InChI is InChI=1S/C14H16O3.C13H14O3.Li.2H2O/c1-16-14(15)12-6-3-7-13(10-12)17-9-8-11-4-2-5-11;14-13(15)11-5-2-6-12(9-11)16-8-7-10-3-1-4-10;;;/h3,6-8,10H,2,4-5,9H2,1H3;2,5-7,9H,1,3-4,8H2,(H,14,15);;2*1H2/q;;+1;;/p-1. The van der Waals surface area contributed by atoms with Gasteiger partial charge in [-0.05, 0) is 87.1 Å². The van der Waals surface area contributed by atoms with Crippen molar-refractivity contribution in [2.75, 3.05) is 20.3 Å². The van der Waals surface area contributed by atoms with Crippen LogP contribution in [0.25, 0.3) is 0 Å². The van der Waals surface area contributed by atoms with E-state index in [0.717, 1.165) is 0 Å². The molecule has 2 aromatic rings. The van der Waals surface area contributed by atoms with E-state index in [4.69, 9.17) is 14.6 Å². The average molecular weight is 492 g/mol. The van der Waals surface area contributed by atoms with Crippen LogP contribution < -0.4 is 28.3 Å². The summed E-state index contributed by atoms with van der Waals surface area (Å²) in [5.41, 5.74) is 3.68. The van der Waals surface area contributed by atoms with E-state index < -0.39 is 5.97 Å². The Hall–Kier alpha value is -3.02. The third kappa shape index (κ3) is 10.7. The van der Waals surface area contributed by atoms with Crippen molar-refractivity contribution in [3.05, 3.63) is 83.0 Å². The van der Waals surface area contributed by atoms with Crippen molar-refractivity contribution in [1.82, 2.24) is 0 Å². The number of esters is 1. The van der Waals surface area contributed by atoms with Gasteiger partial charge in [0.2, 0.25) is 0 Å². The van der Waals surface area contributed by atoms with E-state index in [1.54, 1.807) is 42.5 Å². The maximum atomic E-state index is 11.3. The van der Waals surface area contributed by atoms with Crippen molar-refractivity contribution in [2.45, 2.75) is 38.5 Å². The second-order valence-electron chi connectivity index (χ2n) is 7.91. The molecule has 0 radical (unpaired) electrons. The second-order valence-corrected chi connectivity index (χ2v) is 7.91. The number of aromatic carboxylic acids is 1. The van der Waals surface area contributed by atoms with Crippen molar-refractivity contribution in [2.24, 2.45) is 0 Å². The molecule has 4 N–H and O–H groups in total. The Balaban J connectivity index is 0.000000629. The summed E-state index contributed by atoms with van der Waals surface area (Å²) in [5.74, 6) is 0.0377. The number of carbonyl (C=O) groups is 2. The molecule has 0 aliphatic heterocycles. The molecule has 2 fully saturated rings. The summed E-state index contributed by atoms with van der Waals surface area (Å²) in [6.07, 6.45) is 11.5. The van der Waals surface area contributed by atoms with E-state index in [-0.39, 0.29) is 41.3 Å². The average Bonchev–Trinajstić information content (AvgIpc) is 2.77. The van der Waals surface area contributed by atoms with Crippen LogP contribution in [0.5, 0.6) is 11.5 Å². The molecular formula is C27H33LiO8. The molecule has 0 atom stereocenters. The van der Waals surface area contributed by atoms with Crippen LogP contribution in [-0.2, 0) is 4.74 Å². The molecule has 0 amide bonds. The molecular weight excluding hydrogens is 459 g/mol. The molecule has 36 heavy (non-hydrogen) atoms. The number of hydrogen-bond acceptors (Lipinski definition) is 6. The van der Waals surface area contributed by atoms with Gasteiger partial charge in [0, 0.05) is 0 Å². The minimum absolute atomic E-state index is 0. The summed E-state index contributed by atoms with van der Waals surface area (Å²) < 4.78 is 15.7. The van der Waals surface area contributed by atoms with Crippen molar-refractivity contribution in [1.29, 1.82) is 0 Å². The zero-order valence-electron chi connectivity index (χ0n) is 20.9. The van der Waals surface area contributed by atoms with E-state index in [2.05, 4.69) is 16.9 Å². The van der Waals surface area contributed by atoms with Crippen LogP contribution in [0.15, 0.2) is 71.8 Å². The van der Waals surface area contributed by atoms with Crippen molar-refractivity contribution in [3.63, 3.8) is 0 Å². The molecule has 4 rings (SSSR count). The topological polar surface area (TPSA) is 144 Å². The molecule has 2 aliphatic carbocycles. The van der Waals surface area contributed by atoms with Crippen molar-refractivity contribution < 1.29 is 58.7 Å². The maximum Gasteiger partial charge on any atom is 1.00 e. The predicted octanol–water partition coefficient (Wildman–Crippen LogP) is 1.84. The number of carboxylic acids is 1. The Morgan fingerprint density at radius 3 is 1.67 bits per heavy atom. The first-order valence-corrected chi connectivity index (χ1v) is 11.2. The predicted molar refractivity (Wildman–Crippen MR) is 132 cm³/mol. The summed E-state index contributed by atoms with van der Waals surface area (Å²) in [6, 6.07) is 13.6. The van der Waals surface area contributed by atoms with Crippen LogP contribution in [0.4, 0.5) is 0 Å². The van der Waals surface area contributed by atoms with Gasteiger partial charge >= 0.3 is 30.8 Å². The van der Waals surface area contributed by atoms with Crippen molar-refractivity contribution in [3.8, 4) is 11.5 Å². The number of allylic oxidation sites excluding steroid dienone is 2. The Morgan fingerprint density at radius 1 is 0.833 bits per heavy atom. The Morgan fingerprint density at radius 2 is 1.28 bits per heavy atom. The van der Waals surface area contributed by atoms with Crippen LogP contribution in [0.2, 0.25) is 0 Å². The largest absolute Gasteiger partial charge is 1.00 e. The van der Waals surface area contributed by atoms with Gasteiger partial charge in [-0.1, -0.05) is 23.3 Å². The first kappa shape index (κ1) is 33.0. The van der Waals surface area contributed by atoms with E-state index in [9.17, 15) is 9.59 Å². The number of hydrogen-bond donors (Lipinski definition) is 1. The van der Waals surface area contributed by atoms with Crippen LogP contribution in [0.1, 0.15) is 59.2 Å². The smallest absolute Gasteiger partial charge is 0.870 e. The van der Waals surface area contributed by atoms with Crippen LogP contribution in [0, 0.1) is 0 Å². The zero-order chi connectivity index (χ0) is 23.5. The Kier molecular flexibility index (Phi) is 16.0. The third-order valence-electron chi connectivity index (χ3n) is 5.57. The molecule has 2 aromatic carbocycles. The minimum atomic E-state index is -0.928. The normalized spacial score (nSPS) is 12.8. The summed E-state index contributed by atoms with van der Waals surface area (Å²) in [6.45, 7) is 1.10. The molecule has 0 aromatic heterocycles. The van der Waals surface area contributed by atoms with Gasteiger partial charge < -0.3 is 30.3 Å². The Bertz CT molecular complexity index is 1020. The van der Waals surface area contributed by atoms with Crippen LogP contribution in [-0.4, -0.2) is 48.3 Å². The summed E-state index contributed by atoms with van der Waals surface area (Å²) in [7, 11) is 1.37. The van der Waals surface area contributed by atoms with Gasteiger partial charge in [-0.25, -0.2) is 9.59 Å². The number of carboxylic acid groups (broad SMARTS) is 1. The molecule has 0 saturated heterocycles. The number of carbonyl (C=O) groups excluding carboxylic acids is 1. The molecule has 190 valence electrons. The van der Waals surface area contributed by atoms with Gasteiger partial charge in [-0.2, -0.15) is 0 Å². The second kappa shape index (κ2) is 17.4. The molecule has 9 heteroatoms. The molecule has 0 bridgehead atoms. The fourth-order valence-corrected chi connectivity index (χ4v) is 3.23. The molecule has 0 heterocycles. The van der Waals surface area contributed by atoms with Crippen LogP contribution >= 0.6 is 0 Å². The first-order valence-electron chi connectivity index (χ1n) is 11.2. The Labute approximate surface area is 223 Å². The van der Waals surface area contributed by atoms with Gasteiger partial charge in [0.1, 0.15) is 24.7 Å². The van der Waals surface area contributed by atoms with Gasteiger partial charge in [0.05, 0.1) is 18.2 Å². The van der Waals surface area contributed by atoms with Crippen molar-refractivity contribution >= 4 is 11.9 Å². The SMILES string of the molecule is COC(=O)c1cccc(OCC=C2CCC2)c1.O.O=C(O)c1cccc(OCC=C2CCC2)c1.[Li+].[OH-]. The molecule has 0 unspecified atom stereocenters. The number of rotatable bonds is 8. The zero-order valence-corrected chi connectivity index (χ0v) is 20.9.